The van der Waals surface area contributed by atoms with Crippen molar-refractivity contribution in [3.8, 4) is 0 Å². The van der Waals surface area contributed by atoms with Crippen molar-refractivity contribution < 1.29 is 36.8 Å². The van der Waals surface area contributed by atoms with Crippen LogP contribution in [0, 0.1) is 0 Å². The highest BCUT2D eigenvalue weighted by atomic mass is 79.9. The molecule has 0 saturated carbocycles. The van der Waals surface area contributed by atoms with Crippen molar-refractivity contribution in [3.05, 3.63) is 0 Å². The van der Waals surface area contributed by atoms with Gasteiger partial charge < -0.3 is 36.8 Å². The van der Waals surface area contributed by atoms with Crippen LogP contribution in [0.25, 0.3) is 0 Å². The Morgan fingerprint density at radius 3 is 0.906 bits per heavy atom. The van der Waals surface area contributed by atoms with Crippen molar-refractivity contribution in [1.82, 2.24) is 0 Å². The Bertz CT molecular complexity index is 323. The molecule has 4 nitrogen and oxygen atoms in total. The van der Waals surface area contributed by atoms with E-state index >= 15 is 0 Å². The van der Waals surface area contributed by atoms with Crippen LogP contribution < -0.4 is 17.0 Å². The summed E-state index contributed by atoms with van der Waals surface area (Å²) >= 11 is 0. The van der Waals surface area contributed by atoms with E-state index in [1.54, 1.807) is 0 Å². The van der Waals surface area contributed by atoms with E-state index in [1.165, 1.54) is 103 Å². The molecule has 0 aromatic heterocycles. The van der Waals surface area contributed by atoms with Gasteiger partial charge in [0.15, 0.2) is 0 Å². The summed E-state index contributed by atoms with van der Waals surface area (Å²) in [5, 5.41) is 27.9. The number of halogens is 1. The molecule has 0 amide bonds. The highest BCUT2D eigenvalue weighted by Crippen LogP contribution is 2.17. The van der Waals surface area contributed by atoms with Crippen molar-refractivity contribution in [2.45, 2.75) is 129 Å². The van der Waals surface area contributed by atoms with Gasteiger partial charge in [-0.05, 0) is 12.8 Å². The summed E-state index contributed by atoms with van der Waals surface area (Å²) in [5.74, 6) is 0. The quantitative estimate of drug-likeness (QED) is 0.120. The molecule has 5 heteroatoms. The second-order valence-electron chi connectivity index (χ2n) is 9.77. The molecule has 196 valence electrons. The predicted octanol–water partition coefficient (Wildman–Crippen LogP) is 3.22. The average molecular weight is 525 g/mol. The molecule has 0 aromatic carbocycles. The second-order valence-corrected chi connectivity index (χ2v) is 9.77. The smallest absolute Gasteiger partial charge is 0.0808 e. The van der Waals surface area contributed by atoms with E-state index < -0.39 is 0 Å². The van der Waals surface area contributed by atoms with Gasteiger partial charge in [0.05, 0.1) is 26.2 Å². The molecule has 0 radical (unpaired) electrons. The molecule has 0 saturated heterocycles. The molecule has 32 heavy (non-hydrogen) atoms. The van der Waals surface area contributed by atoms with Crippen molar-refractivity contribution in [1.29, 1.82) is 0 Å². The lowest BCUT2D eigenvalue weighted by Gasteiger charge is -2.39. The number of unbranched alkanes of at least 4 members (excludes halogenated alkanes) is 15. The number of nitrogens with zero attached hydrogens (tertiary/aromatic N) is 1. The molecular formula is C27H58BrNO3. The Morgan fingerprint density at radius 1 is 0.375 bits per heavy atom. The molecule has 0 atom stereocenters. The summed E-state index contributed by atoms with van der Waals surface area (Å²) in [7, 11) is 0. The van der Waals surface area contributed by atoms with Gasteiger partial charge in [0.25, 0.3) is 0 Å². The van der Waals surface area contributed by atoms with Crippen molar-refractivity contribution in [2.75, 3.05) is 46.0 Å². The van der Waals surface area contributed by atoms with Gasteiger partial charge in [-0.1, -0.05) is 96.8 Å². The number of rotatable bonds is 26. The summed E-state index contributed by atoms with van der Waals surface area (Å²) in [6, 6.07) is 0. The molecule has 3 N–H and O–H groups in total. The summed E-state index contributed by atoms with van der Waals surface area (Å²) in [6.07, 6.45) is 24.7. The summed E-state index contributed by atoms with van der Waals surface area (Å²) in [5.41, 5.74) is 0. The van der Waals surface area contributed by atoms with E-state index in [0.29, 0.717) is 0 Å². The third kappa shape index (κ3) is 22.1. The lowest BCUT2D eigenvalue weighted by Crippen LogP contribution is -3.00. The molecule has 0 aliphatic carbocycles. The molecule has 0 fully saturated rings. The Morgan fingerprint density at radius 2 is 0.625 bits per heavy atom. The molecule has 0 unspecified atom stereocenters. The topological polar surface area (TPSA) is 60.7 Å². The largest absolute Gasteiger partial charge is 1.00 e. The fraction of sp³-hybridized carbons (Fsp3) is 1.00. The van der Waals surface area contributed by atoms with Crippen molar-refractivity contribution in [3.63, 3.8) is 0 Å². The number of aliphatic hydroxyl groups is 3. The molecule has 0 aliphatic heterocycles. The normalized spacial score (nSPS) is 11.6. The summed E-state index contributed by atoms with van der Waals surface area (Å²) in [6.45, 7) is 7.01. The Balaban J connectivity index is 0. The monoisotopic (exact) mass is 523 g/mol. The lowest BCUT2D eigenvalue weighted by molar-refractivity contribution is -0.929. The molecule has 0 aromatic rings. The van der Waals surface area contributed by atoms with Gasteiger partial charge in [0.2, 0.25) is 0 Å². The number of hydrogen-bond acceptors (Lipinski definition) is 3. The highest BCUT2D eigenvalue weighted by Gasteiger charge is 2.25. The van der Waals surface area contributed by atoms with E-state index in [4.69, 9.17) is 0 Å². The minimum Gasteiger partial charge on any atom is -1.00 e. The van der Waals surface area contributed by atoms with Gasteiger partial charge in [-0.2, -0.15) is 0 Å². The fourth-order valence-corrected chi connectivity index (χ4v) is 4.88. The number of aliphatic hydroxyl groups excluding tert-OH is 3. The minimum atomic E-state index is 0. The maximum Gasteiger partial charge on any atom is 0.0808 e. The molecule has 0 rings (SSSR count). The van der Waals surface area contributed by atoms with Gasteiger partial charge >= 0.3 is 0 Å². The van der Waals surface area contributed by atoms with Crippen molar-refractivity contribution in [2.24, 2.45) is 0 Å². The van der Waals surface area contributed by atoms with E-state index in [2.05, 4.69) is 6.92 Å². The lowest BCUT2D eigenvalue weighted by atomic mass is 10.0. The Hall–Kier alpha value is 0.320. The van der Waals surface area contributed by atoms with Gasteiger partial charge in [-0.25, -0.2) is 0 Å². The van der Waals surface area contributed by atoms with E-state index in [-0.39, 0.29) is 36.8 Å². The molecular weight excluding hydrogens is 466 g/mol. The van der Waals surface area contributed by atoms with Gasteiger partial charge in [-0.15, -0.1) is 0 Å². The zero-order valence-electron chi connectivity index (χ0n) is 21.6. The zero-order valence-corrected chi connectivity index (χ0v) is 23.1. The summed E-state index contributed by atoms with van der Waals surface area (Å²) < 4.78 is 0.959. The zero-order chi connectivity index (χ0) is 22.9. The van der Waals surface area contributed by atoms with Gasteiger partial charge in [0, 0.05) is 39.1 Å². The maximum absolute atomic E-state index is 9.28. The molecule has 0 bridgehead atoms. The van der Waals surface area contributed by atoms with Gasteiger partial charge in [0.1, 0.15) is 0 Å². The number of quaternary nitrogens is 1. The third-order valence-electron chi connectivity index (χ3n) is 6.86. The van der Waals surface area contributed by atoms with Crippen LogP contribution in [-0.4, -0.2) is 65.8 Å². The first kappa shape index (κ1) is 34.5. The minimum absolute atomic E-state index is 0. The van der Waals surface area contributed by atoms with Crippen LogP contribution >= 0.6 is 0 Å². The first-order valence-corrected chi connectivity index (χ1v) is 13.9. The predicted molar refractivity (Wildman–Crippen MR) is 134 cm³/mol. The molecule has 0 aliphatic rings. The van der Waals surface area contributed by atoms with E-state index in [1.807, 2.05) is 0 Å². The van der Waals surface area contributed by atoms with Crippen LogP contribution in [0.1, 0.15) is 129 Å². The standard InChI is InChI=1S/C27H58NO3.BrH/c1-2-3-4-5-6-7-8-9-10-11-12-13-14-15-16-17-21-28(22-18-25-29,23-19-26-30)24-20-27-31;/h29-31H,2-27H2,1H3;1H/q+1;/p-1. The van der Waals surface area contributed by atoms with E-state index in [0.717, 1.165) is 49.9 Å². The fourth-order valence-electron chi connectivity index (χ4n) is 4.88. The van der Waals surface area contributed by atoms with Crippen LogP contribution in [0.5, 0.6) is 0 Å². The van der Waals surface area contributed by atoms with Crippen LogP contribution in [0.3, 0.4) is 0 Å². The van der Waals surface area contributed by atoms with Gasteiger partial charge in [-0.3, -0.25) is 0 Å². The second kappa shape index (κ2) is 27.6. The Labute approximate surface area is 211 Å². The van der Waals surface area contributed by atoms with Crippen LogP contribution in [0.2, 0.25) is 0 Å². The average Bonchev–Trinajstić information content (AvgIpc) is 2.79. The maximum atomic E-state index is 9.28. The summed E-state index contributed by atoms with van der Waals surface area (Å²) in [4.78, 5) is 0. The SMILES string of the molecule is CCCCCCCCCCCCCCCCCC[N+](CCCO)(CCCO)CCCO.[Br-]. The van der Waals surface area contributed by atoms with Crippen LogP contribution in [0.4, 0.5) is 0 Å². The third-order valence-corrected chi connectivity index (χ3v) is 6.86. The van der Waals surface area contributed by atoms with E-state index in [9.17, 15) is 15.3 Å². The highest BCUT2D eigenvalue weighted by molar-refractivity contribution is 4.53. The number of hydrogen-bond donors (Lipinski definition) is 3. The molecule has 0 heterocycles. The first-order valence-electron chi connectivity index (χ1n) is 13.9. The van der Waals surface area contributed by atoms with Crippen LogP contribution in [-0.2, 0) is 0 Å². The molecule has 0 spiro atoms. The van der Waals surface area contributed by atoms with Crippen LogP contribution in [0.15, 0.2) is 0 Å². The first-order chi connectivity index (χ1) is 15.2. The van der Waals surface area contributed by atoms with Crippen molar-refractivity contribution >= 4 is 0 Å². The Kier molecular flexibility index (Phi) is 29.7.